The Labute approximate surface area is 360 Å². The van der Waals surface area contributed by atoms with Crippen molar-refractivity contribution in [3.05, 3.63) is 194 Å². The van der Waals surface area contributed by atoms with Crippen molar-refractivity contribution in [2.75, 3.05) is 7.11 Å². The molecule has 12 rings (SSSR count). The first-order valence-corrected chi connectivity index (χ1v) is 20.4. The second kappa shape index (κ2) is 15.7. The van der Waals surface area contributed by atoms with Crippen LogP contribution < -0.4 is 4.74 Å². The molecule has 0 spiro atoms. The summed E-state index contributed by atoms with van der Waals surface area (Å²) in [5, 5.41) is 31.6. The zero-order valence-corrected chi connectivity index (χ0v) is 33.8. The van der Waals surface area contributed by atoms with Crippen molar-refractivity contribution in [3.8, 4) is 68.7 Å². The maximum Gasteiger partial charge on any atom is 0.248 e. The van der Waals surface area contributed by atoms with Gasteiger partial charge in [-0.15, -0.1) is 20.4 Å². The van der Waals surface area contributed by atoms with E-state index in [1.807, 2.05) is 54.6 Å². The van der Waals surface area contributed by atoms with Gasteiger partial charge in [-0.05, 0) is 97.1 Å². The van der Waals surface area contributed by atoms with E-state index in [2.05, 4.69) is 151 Å². The van der Waals surface area contributed by atoms with E-state index < -0.39 is 0 Å². The Hall–Kier alpha value is -8.76. The van der Waals surface area contributed by atoms with E-state index >= 15 is 0 Å². The molecule has 0 atom stereocenters. The van der Waals surface area contributed by atoms with Gasteiger partial charge in [-0.2, -0.15) is 0 Å². The number of hydrogen-bond acceptors (Lipinski definition) is 8. The lowest BCUT2D eigenvalue weighted by atomic mass is 10.2. The van der Waals surface area contributed by atoms with Gasteiger partial charge < -0.3 is 27.8 Å². The van der Waals surface area contributed by atoms with Crippen molar-refractivity contribution >= 4 is 43.6 Å². The number of nitrogens with zero attached hydrogens (tertiary/aromatic N) is 6. The van der Waals surface area contributed by atoms with Crippen LogP contribution in [0.3, 0.4) is 0 Å². The molecule has 0 bridgehead atoms. The van der Waals surface area contributed by atoms with Crippen molar-refractivity contribution in [1.82, 2.24) is 29.5 Å². The van der Waals surface area contributed by atoms with Crippen LogP contribution >= 0.6 is 0 Å². The number of phenolic OH excluding ortho intramolecular Hbond substituents is 1. The maximum atomic E-state index is 9.72. The largest absolute Gasteiger partial charge is 0.508 e. The summed E-state index contributed by atoms with van der Waals surface area (Å²) in [5.74, 6) is 2.64. The molecule has 4 heterocycles. The van der Waals surface area contributed by atoms with E-state index in [9.17, 15) is 5.11 Å². The lowest BCUT2D eigenvalue weighted by Crippen LogP contribution is -1.94. The Morgan fingerprint density at radius 1 is 0.381 bits per heavy atom. The summed E-state index contributed by atoms with van der Waals surface area (Å²) in [5.41, 5.74) is 9.87. The van der Waals surface area contributed by atoms with E-state index in [1.165, 1.54) is 21.5 Å². The highest BCUT2D eigenvalue weighted by Gasteiger charge is 2.17. The second-order valence-corrected chi connectivity index (χ2v) is 14.9. The minimum absolute atomic E-state index is 0.158. The summed E-state index contributed by atoms with van der Waals surface area (Å²) in [4.78, 5) is 0. The van der Waals surface area contributed by atoms with Crippen LogP contribution in [0.5, 0.6) is 11.5 Å². The van der Waals surface area contributed by atoms with E-state index in [4.69, 9.17) is 13.6 Å². The van der Waals surface area contributed by atoms with Crippen molar-refractivity contribution in [2.45, 2.75) is 0 Å². The fourth-order valence-electron chi connectivity index (χ4n) is 8.27. The molecule has 302 valence electrons. The molecule has 12 aromatic rings. The molecule has 0 saturated carbocycles. The lowest BCUT2D eigenvalue weighted by molar-refractivity contribution is 0.415. The van der Waals surface area contributed by atoms with Crippen LogP contribution in [0.2, 0.25) is 0 Å². The average Bonchev–Trinajstić information content (AvgIpc) is 4.16. The maximum absolute atomic E-state index is 9.72. The van der Waals surface area contributed by atoms with Gasteiger partial charge in [0, 0.05) is 55.2 Å². The first-order valence-electron chi connectivity index (χ1n) is 20.4. The summed E-state index contributed by atoms with van der Waals surface area (Å²) >= 11 is 0. The number of benzene rings is 8. The van der Waals surface area contributed by atoms with E-state index in [-0.39, 0.29) is 5.75 Å². The zero-order valence-electron chi connectivity index (χ0n) is 33.8. The third kappa shape index (κ3) is 6.81. The number of rotatable bonds is 7. The predicted octanol–water partition coefficient (Wildman–Crippen LogP) is 12.7. The van der Waals surface area contributed by atoms with Crippen molar-refractivity contribution in [2.24, 2.45) is 0 Å². The molecule has 10 heteroatoms. The third-order valence-electron chi connectivity index (χ3n) is 11.1. The van der Waals surface area contributed by atoms with Gasteiger partial charge in [0.2, 0.25) is 23.6 Å². The monoisotopic (exact) mass is 820 g/mol. The fraction of sp³-hybridized carbons (Fsp3) is 0.0189. The highest BCUT2D eigenvalue weighted by atomic mass is 16.5. The van der Waals surface area contributed by atoms with E-state index in [0.29, 0.717) is 29.1 Å². The van der Waals surface area contributed by atoms with Crippen LogP contribution in [0.25, 0.3) is 101 Å². The minimum Gasteiger partial charge on any atom is -0.508 e. The predicted molar refractivity (Wildman–Crippen MR) is 247 cm³/mol. The summed E-state index contributed by atoms with van der Waals surface area (Å²) in [6.45, 7) is 0. The van der Waals surface area contributed by atoms with Crippen molar-refractivity contribution in [1.29, 1.82) is 0 Å². The Balaban J connectivity index is 0.000000141. The molecule has 0 saturated heterocycles. The number of methoxy groups -OCH3 is 1. The van der Waals surface area contributed by atoms with Gasteiger partial charge in [-0.3, -0.25) is 0 Å². The first kappa shape index (κ1) is 37.3. The van der Waals surface area contributed by atoms with Crippen LogP contribution in [-0.2, 0) is 0 Å². The highest BCUT2D eigenvalue weighted by molar-refractivity contribution is 6.10. The van der Waals surface area contributed by atoms with Crippen LogP contribution in [0, 0.1) is 0 Å². The molecule has 0 aliphatic rings. The molecule has 0 amide bonds. The van der Waals surface area contributed by atoms with Crippen molar-refractivity contribution in [3.63, 3.8) is 0 Å². The van der Waals surface area contributed by atoms with Gasteiger partial charge in [0.05, 0.1) is 29.2 Å². The normalized spacial score (nSPS) is 11.3. The quantitative estimate of drug-likeness (QED) is 0.169. The molecule has 0 fully saturated rings. The van der Waals surface area contributed by atoms with Gasteiger partial charge >= 0.3 is 0 Å². The third-order valence-corrected chi connectivity index (χ3v) is 11.1. The number of para-hydroxylation sites is 4. The number of hydrogen-bond donors (Lipinski definition) is 1. The molecule has 1 N–H and O–H groups in total. The average molecular weight is 821 g/mol. The van der Waals surface area contributed by atoms with Crippen LogP contribution in [0.4, 0.5) is 0 Å². The Morgan fingerprint density at radius 2 is 0.730 bits per heavy atom. The number of fused-ring (bicyclic) bond motifs is 6. The van der Waals surface area contributed by atoms with Gasteiger partial charge in [0.1, 0.15) is 11.5 Å². The Kier molecular flexibility index (Phi) is 9.28. The number of aromatic nitrogens is 6. The molecule has 0 unspecified atom stereocenters. The Bertz CT molecular complexity index is 3510. The lowest BCUT2D eigenvalue weighted by Gasteiger charge is -2.08. The topological polar surface area (TPSA) is 117 Å². The van der Waals surface area contributed by atoms with Crippen LogP contribution in [0.15, 0.2) is 203 Å². The molecule has 0 aliphatic carbocycles. The smallest absolute Gasteiger partial charge is 0.248 e. The van der Waals surface area contributed by atoms with E-state index in [1.54, 1.807) is 25.3 Å². The summed E-state index contributed by atoms with van der Waals surface area (Å²) < 4.78 is 21.8. The van der Waals surface area contributed by atoms with Gasteiger partial charge in [-0.1, -0.05) is 97.1 Å². The molecule has 0 aliphatic heterocycles. The summed E-state index contributed by atoms with van der Waals surface area (Å²) in [7, 11) is 1.64. The molecule has 4 aromatic heterocycles. The molecular weight excluding hydrogens is 785 g/mol. The summed E-state index contributed by atoms with van der Waals surface area (Å²) in [6, 6.07) is 64.4. The number of aromatic hydroxyl groups is 1. The van der Waals surface area contributed by atoms with Gasteiger partial charge in [0.15, 0.2) is 0 Å². The highest BCUT2D eigenvalue weighted by Crippen LogP contribution is 2.36. The SMILES string of the molecule is COc1cccc(-c2nnc(-c3cccc(-n4c5ccccc5c5ccccc54)c3)o2)c1.Oc1cccc(-c2nnc(-c3cccc(-n4c5ccccc5c5ccccc54)c3)o2)c1. The van der Waals surface area contributed by atoms with Crippen LogP contribution in [0.1, 0.15) is 0 Å². The number of ether oxygens (including phenoxy) is 1. The minimum atomic E-state index is 0.158. The molecule has 8 aromatic carbocycles. The molecule has 10 nitrogen and oxygen atoms in total. The van der Waals surface area contributed by atoms with Gasteiger partial charge in [-0.25, -0.2) is 0 Å². The van der Waals surface area contributed by atoms with Gasteiger partial charge in [0.25, 0.3) is 0 Å². The Morgan fingerprint density at radius 3 is 1.13 bits per heavy atom. The van der Waals surface area contributed by atoms with Crippen LogP contribution in [-0.4, -0.2) is 41.7 Å². The second-order valence-electron chi connectivity index (χ2n) is 14.9. The van der Waals surface area contributed by atoms with Crippen molar-refractivity contribution < 1.29 is 18.7 Å². The standard InChI is InChI=1S/C27H19N3O2.C26H17N3O2/c1-31-21-11-7-9-19(17-21)27-29-28-26(32-27)18-8-6-10-20(16-18)30-24-14-4-2-12-22(24)23-13-3-5-15-25(23)30;30-20-10-6-8-18(16-20)26-28-27-25(31-26)17-7-5-9-19(15-17)29-23-13-3-1-11-21(23)22-12-2-4-14-24(22)29/h2-17H,1H3;1-16,30H. The first-order chi connectivity index (χ1) is 31.1. The molecular formula is C53H36N6O4. The fourth-order valence-corrected chi connectivity index (χ4v) is 8.27. The summed E-state index contributed by atoms with van der Waals surface area (Å²) in [6.07, 6.45) is 0. The molecule has 63 heavy (non-hydrogen) atoms. The zero-order chi connectivity index (χ0) is 42.3. The molecule has 0 radical (unpaired) electrons. The number of phenols is 1. The van der Waals surface area contributed by atoms with E-state index in [0.717, 1.165) is 55.9 Å².